The summed E-state index contributed by atoms with van der Waals surface area (Å²) in [5.74, 6) is 0. The van der Waals surface area contributed by atoms with E-state index in [2.05, 4.69) is 6.07 Å². The Morgan fingerprint density at radius 1 is 1.46 bits per heavy atom. The maximum absolute atomic E-state index is 9.03. The van der Waals surface area contributed by atoms with Gasteiger partial charge in [-0.15, -0.1) is 0 Å². The van der Waals surface area contributed by atoms with Gasteiger partial charge < -0.3 is 0 Å². The highest BCUT2D eigenvalue weighted by Crippen LogP contribution is 2.49. The van der Waals surface area contributed by atoms with Crippen LogP contribution in [0, 0.1) is 18.3 Å². The van der Waals surface area contributed by atoms with Crippen LogP contribution in [0.2, 0.25) is 5.02 Å². The first-order valence-corrected chi connectivity index (χ1v) is 4.74. The second kappa shape index (κ2) is 2.75. The molecule has 0 saturated heterocycles. The van der Waals surface area contributed by atoms with Crippen molar-refractivity contribution in [3.8, 4) is 6.07 Å². The van der Waals surface area contributed by atoms with Crippen molar-refractivity contribution in [3.05, 3.63) is 34.3 Å². The zero-order valence-electron chi connectivity index (χ0n) is 7.47. The van der Waals surface area contributed by atoms with Gasteiger partial charge in [0.05, 0.1) is 11.5 Å². The zero-order valence-corrected chi connectivity index (χ0v) is 8.23. The maximum Gasteiger partial charge on any atom is 0.0826 e. The summed E-state index contributed by atoms with van der Waals surface area (Å²) in [6.45, 7) is 1.98. The third-order valence-electron chi connectivity index (χ3n) is 2.75. The van der Waals surface area contributed by atoms with Crippen molar-refractivity contribution in [2.24, 2.45) is 0 Å². The molecule has 1 aromatic rings. The van der Waals surface area contributed by atoms with E-state index >= 15 is 0 Å². The Kier molecular flexibility index (Phi) is 1.82. The molecule has 0 amide bonds. The molecule has 13 heavy (non-hydrogen) atoms. The number of nitriles is 1. The lowest BCUT2D eigenvalue weighted by Gasteiger charge is -2.10. The molecule has 1 fully saturated rings. The van der Waals surface area contributed by atoms with Crippen LogP contribution in [-0.2, 0) is 5.41 Å². The molecule has 0 bridgehead atoms. The summed E-state index contributed by atoms with van der Waals surface area (Å²) < 4.78 is 0. The third-order valence-corrected chi connectivity index (χ3v) is 3.16. The minimum absolute atomic E-state index is 0.213. The molecule has 0 spiro atoms. The molecule has 0 heterocycles. The highest BCUT2D eigenvalue weighted by Gasteiger charge is 2.45. The standard InChI is InChI=1S/C11H10ClN/c1-8-9(3-2-4-10(8)12)11(7-13)5-6-11/h2-4H,5-6H2,1H3. The number of rotatable bonds is 1. The Morgan fingerprint density at radius 3 is 2.69 bits per heavy atom. The largest absolute Gasteiger partial charge is 0.197 e. The van der Waals surface area contributed by atoms with Crippen molar-refractivity contribution in [1.29, 1.82) is 5.26 Å². The molecule has 66 valence electrons. The predicted octanol–water partition coefficient (Wildman–Crippen LogP) is 3.20. The maximum atomic E-state index is 9.03. The number of hydrogen-bond donors (Lipinski definition) is 0. The van der Waals surface area contributed by atoms with Crippen LogP contribution in [0.15, 0.2) is 18.2 Å². The molecule has 0 radical (unpaired) electrons. The van der Waals surface area contributed by atoms with Crippen LogP contribution in [-0.4, -0.2) is 0 Å². The lowest BCUT2D eigenvalue weighted by atomic mass is 9.93. The van der Waals surface area contributed by atoms with E-state index in [1.807, 2.05) is 25.1 Å². The van der Waals surface area contributed by atoms with Crippen molar-refractivity contribution in [1.82, 2.24) is 0 Å². The first-order valence-electron chi connectivity index (χ1n) is 4.36. The van der Waals surface area contributed by atoms with Gasteiger partial charge in [-0.1, -0.05) is 23.7 Å². The minimum atomic E-state index is -0.213. The summed E-state index contributed by atoms with van der Waals surface area (Å²) in [7, 11) is 0. The van der Waals surface area contributed by atoms with Crippen LogP contribution >= 0.6 is 11.6 Å². The van der Waals surface area contributed by atoms with Crippen LogP contribution in [0.4, 0.5) is 0 Å². The summed E-state index contributed by atoms with van der Waals surface area (Å²) >= 11 is 6.00. The van der Waals surface area contributed by atoms with Crippen molar-refractivity contribution in [3.63, 3.8) is 0 Å². The van der Waals surface area contributed by atoms with Gasteiger partial charge in [0.15, 0.2) is 0 Å². The third kappa shape index (κ3) is 1.22. The molecule has 1 aromatic carbocycles. The van der Waals surface area contributed by atoms with Gasteiger partial charge in [0.25, 0.3) is 0 Å². The molecule has 1 aliphatic rings. The van der Waals surface area contributed by atoms with E-state index in [9.17, 15) is 0 Å². The second-order valence-corrected chi connectivity index (χ2v) is 4.01. The smallest absolute Gasteiger partial charge is 0.0826 e. The molecule has 1 aliphatic carbocycles. The monoisotopic (exact) mass is 191 g/mol. The van der Waals surface area contributed by atoms with Gasteiger partial charge in [0.2, 0.25) is 0 Å². The Bertz CT molecular complexity index is 386. The first-order chi connectivity index (χ1) is 6.19. The zero-order chi connectivity index (χ0) is 9.47. The highest BCUT2D eigenvalue weighted by atomic mass is 35.5. The summed E-state index contributed by atoms with van der Waals surface area (Å²) in [4.78, 5) is 0. The number of nitrogens with zero attached hydrogens (tertiary/aromatic N) is 1. The fourth-order valence-electron chi connectivity index (χ4n) is 1.69. The summed E-state index contributed by atoms with van der Waals surface area (Å²) in [6, 6.07) is 8.18. The van der Waals surface area contributed by atoms with Crippen molar-refractivity contribution in [2.75, 3.05) is 0 Å². The van der Waals surface area contributed by atoms with Crippen molar-refractivity contribution in [2.45, 2.75) is 25.2 Å². The van der Waals surface area contributed by atoms with Crippen LogP contribution in [0.25, 0.3) is 0 Å². The fraction of sp³-hybridized carbons (Fsp3) is 0.364. The number of hydrogen-bond acceptors (Lipinski definition) is 1. The predicted molar refractivity (Wildman–Crippen MR) is 52.7 cm³/mol. The van der Waals surface area contributed by atoms with E-state index in [0.717, 1.165) is 29.0 Å². The normalized spacial score (nSPS) is 17.9. The van der Waals surface area contributed by atoms with E-state index < -0.39 is 0 Å². The Hall–Kier alpha value is -1.00. The first kappa shape index (κ1) is 8.59. The van der Waals surface area contributed by atoms with Crippen LogP contribution in [0.1, 0.15) is 24.0 Å². The Morgan fingerprint density at radius 2 is 2.15 bits per heavy atom. The van der Waals surface area contributed by atoms with E-state index in [-0.39, 0.29) is 5.41 Å². The van der Waals surface area contributed by atoms with Crippen molar-refractivity contribution >= 4 is 11.6 Å². The molecular weight excluding hydrogens is 182 g/mol. The Labute approximate surface area is 82.9 Å². The van der Waals surface area contributed by atoms with Crippen LogP contribution < -0.4 is 0 Å². The summed E-state index contributed by atoms with van der Waals surface area (Å²) in [5, 5.41) is 9.80. The molecule has 0 aromatic heterocycles. The fourth-order valence-corrected chi connectivity index (χ4v) is 1.87. The van der Waals surface area contributed by atoms with Crippen LogP contribution in [0.3, 0.4) is 0 Å². The number of benzene rings is 1. The molecule has 1 nitrogen and oxygen atoms in total. The molecule has 0 aliphatic heterocycles. The van der Waals surface area contributed by atoms with Gasteiger partial charge in [-0.3, -0.25) is 0 Å². The van der Waals surface area contributed by atoms with E-state index in [0.29, 0.717) is 0 Å². The molecular formula is C11H10ClN. The molecule has 0 atom stereocenters. The minimum Gasteiger partial charge on any atom is -0.197 e. The molecule has 2 rings (SSSR count). The molecule has 2 heteroatoms. The van der Waals surface area contributed by atoms with Gasteiger partial charge in [0, 0.05) is 5.02 Å². The van der Waals surface area contributed by atoms with E-state index in [1.54, 1.807) is 0 Å². The van der Waals surface area contributed by atoms with Crippen molar-refractivity contribution < 1.29 is 0 Å². The SMILES string of the molecule is Cc1c(Cl)cccc1C1(C#N)CC1. The van der Waals surface area contributed by atoms with E-state index in [4.69, 9.17) is 16.9 Å². The lowest BCUT2D eigenvalue weighted by Crippen LogP contribution is -2.04. The average Bonchev–Trinajstić information content (AvgIpc) is 2.90. The van der Waals surface area contributed by atoms with Crippen LogP contribution in [0.5, 0.6) is 0 Å². The van der Waals surface area contributed by atoms with Gasteiger partial charge in [-0.2, -0.15) is 5.26 Å². The molecule has 1 saturated carbocycles. The quantitative estimate of drug-likeness (QED) is 0.669. The van der Waals surface area contributed by atoms with E-state index in [1.165, 1.54) is 0 Å². The van der Waals surface area contributed by atoms with Gasteiger partial charge >= 0.3 is 0 Å². The van der Waals surface area contributed by atoms with Gasteiger partial charge in [-0.05, 0) is 37.0 Å². The second-order valence-electron chi connectivity index (χ2n) is 3.61. The van der Waals surface area contributed by atoms with Gasteiger partial charge in [-0.25, -0.2) is 0 Å². The molecule has 0 N–H and O–H groups in total. The summed E-state index contributed by atoms with van der Waals surface area (Å²) in [5.41, 5.74) is 1.96. The average molecular weight is 192 g/mol. The topological polar surface area (TPSA) is 23.8 Å². The Balaban J connectivity index is 2.54. The number of halogens is 1. The molecule has 0 unspecified atom stereocenters. The lowest BCUT2D eigenvalue weighted by molar-refractivity contribution is 0.895. The highest BCUT2D eigenvalue weighted by molar-refractivity contribution is 6.31. The van der Waals surface area contributed by atoms with Gasteiger partial charge in [0.1, 0.15) is 0 Å². The summed E-state index contributed by atoms with van der Waals surface area (Å²) in [6.07, 6.45) is 1.95.